The number of methoxy groups -OCH3 is 1. The molecule has 4 aromatic rings. The molecule has 184 valence electrons. The molecule has 1 N–H and O–H groups in total. The summed E-state index contributed by atoms with van der Waals surface area (Å²) in [6, 6.07) is 16.1. The van der Waals surface area contributed by atoms with E-state index in [2.05, 4.69) is 59.0 Å². The average Bonchev–Trinajstić information content (AvgIpc) is 3.64. The lowest BCUT2D eigenvalue weighted by Gasteiger charge is -2.36. The lowest BCUT2D eigenvalue weighted by Crippen LogP contribution is -2.31. The molecule has 1 aliphatic heterocycles. The van der Waals surface area contributed by atoms with Crippen LogP contribution in [-0.4, -0.2) is 50.4 Å². The van der Waals surface area contributed by atoms with Gasteiger partial charge in [-0.1, -0.05) is 36.4 Å². The van der Waals surface area contributed by atoms with Gasteiger partial charge in [0, 0.05) is 31.6 Å². The Hall–Kier alpha value is -3.98. The fourth-order valence-corrected chi connectivity index (χ4v) is 4.95. The molecule has 1 aliphatic carbocycles. The minimum absolute atomic E-state index is 0.163. The number of carbonyl (C=O) groups excluding carboxylic acids is 1. The summed E-state index contributed by atoms with van der Waals surface area (Å²) < 4.78 is 7.85. The Morgan fingerprint density at radius 2 is 1.92 bits per heavy atom. The van der Waals surface area contributed by atoms with Gasteiger partial charge in [-0.05, 0) is 48.8 Å². The van der Waals surface area contributed by atoms with Gasteiger partial charge in [-0.2, -0.15) is 5.10 Å². The Morgan fingerprint density at radius 3 is 2.64 bits per heavy atom. The number of rotatable bonds is 5. The molecular weight excluding hydrogens is 454 g/mol. The number of imidazole rings is 1. The van der Waals surface area contributed by atoms with Crippen LogP contribution in [0.2, 0.25) is 0 Å². The Morgan fingerprint density at radius 1 is 1.08 bits per heavy atom. The van der Waals surface area contributed by atoms with Crippen LogP contribution in [0.15, 0.2) is 83.6 Å². The Balaban J connectivity index is 0.000000202. The maximum Gasteiger partial charge on any atom is 0.267 e. The second-order valence-electron chi connectivity index (χ2n) is 9.06. The fraction of sp³-hybridized carbons (Fsp3) is 0.333. The van der Waals surface area contributed by atoms with Crippen molar-refractivity contribution < 1.29 is 9.53 Å². The zero-order valence-electron chi connectivity index (χ0n) is 20.2. The molecule has 9 nitrogen and oxygen atoms in total. The predicted octanol–water partition coefficient (Wildman–Crippen LogP) is 2.73. The molecule has 0 saturated heterocycles. The molecule has 0 bridgehead atoms. The maximum atomic E-state index is 10.8. The van der Waals surface area contributed by atoms with E-state index in [1.54, 1.807) is 6.07 Å². The first-order chi connectivity index (χ1) is 17.7. The average molecular weight is 484 g/mol. The predicted molar refractivity (Wildman–Crippen MR) is 134 cm³/mol. The van der Waals surface area contributed by atoms with Gasteiger partial charge in [0.05, 0.1) is 23.1 Å². The van der Waals surface area contributed by atoms with Crippen molar-refractivity contribution in [2.24, 2.45) is 15.9 Å². The van der Waals surface area contributed by atoms with Crippen molar-refractivity contribution in [3.63, 3.8) is 0 Å². The number of carbonyl (C=O) groups is 1. The molecule has 1 saturated carbocycles. The Bertz CT molecular complexity index is 1380. The van der Waals surface area contributed by atoms with Crippen LogP contribution >= 0.6 is 0 Å². The Kier molecular flexibility index (Phi) is 7.37. The monoisotopic (exact) mass is 483 g/mol. The van der Waals surface area contributed by atoms with Gasteiger partial charge in [-0.15, -0.1) is 0 Å². The highest BCUT2D eigenvalue weighted by molar-refractivity contribution is 5.79. The maximum absolute atomic E-state index is 10.8. The van der Waals surface area contributed by atoms with Crippen LogP contribution in [0.3, 0.4) is 0 Å². The summed E-state index contributed by atoms with van der Waals surface area (Å²) >= 11 is 0. The minimum Gasteiger partial charge on any atom is -0.381 e. The van der Waals surface area contributed by atoms with Gasteiger partial charge in [-0.3, -0.25) is 14.9 Å². The fourth-order valence-electron chi connectivity index (χ4n) is 4.95. The van der Waals surface area contributed by atoms with Gasteiger partial charge < -0.3 is 9.30 Å². The molecule has 3 heterocycles. The molecule has 1 fully saturated rings. The molecule has 2 aromatic heterocycles. The second kappa shape index (κ2) is 11.2. The van der Waals surface area contributed by atoms with Crippen LogP contribution in [-0.2, 0) is 16.1 Å². The number of aromatic amines is 1. The molecule has 36 heavy (non-hydrogen) atoms. The van der Waals surface area contributed by atoms with E-state index in [0.717, 1.165) is 36.1 Å². The number of ether oxygens (including phenoxy) is 1. The van der Waals surface area contributed by atoms with Crippen LogP contribution in [0.5, 0.6) is 0 Å². The van der Waals surface area contributed by atoms with Crippen LogP contribution in [0, 0.1) is 5.92 Å². The lowest BCUT2D eigenvalue weighted by molar-refractivity contribution is -0.116. The van der Waals surface area contributed by atoms with Gasteiger partial charge in [-0.25, -0.2) is 15.0 Å². The topological polar surface area (TPSA) is 110 Å². The second-order valence-corrected chi connectivity index (χ2v) is 9.06. The van der Waals surface area contributed by atoms with E-state index in [1.165, 1.54) is 18.3 Å². The van der Waals surface area contributed by atoms with E-state index in [-0.39, 0.29) is 12.5 Å². The molecule has 2 aromatic carbocycles. The van der Waals surface area contributed by atoms with Gasteiger partial charge in [0.15, 0.2) is 5.82 Å². The molecule has 1 unspecified atom stereocenters. The molecule has 1 amide bonds. The van der Waals surface area contributed by atoms with Crippen molar-refractivity contribution in [2.45, 2.75) is 37.8 Å². The third-order valence-corrected chi connectivity index (χ3v) is 6.82. The SMILES string of the molecule is CO[C@@H]1CC[C@@H](Cn2ccnc2)C(c2ccc(-c3ncn[nH]3)cc2)C1.O=C1CN=c2ccccc2=N1. The summed E-state index contributed by atoms with van der Waals surface area (Å²) in [5.74, 6) is 1.73. The summed E-state index contributed by atoms with van der Waals surface area (Å²) in [7, 11) is 1.82. The van der Waals surface area contributed by atoms with Gasteiger partial charge in [0.2, 0.25) is 0 Å². The van der Waals surface area contributed by atoms with Crippen LogP contribution in [0.4, 0.5) is 0 Å². The molecule has 3 atom stereocenters. The van der Waals surface area contributed by atoms with Gasteiger partial charge >= 0.3 is 0 Å². The number of nitrogens with one attached hydrogen (secondary N) is 1. The highest BCUT2D eigenvalue weighted by Gasteiger charge is 2.31. The zero-order chi connectivity index (χ0) is 24.7. The number of fused-ring (bicyclic) bond motifs is 1. The molecule has 0 radical (unpaired) electrons. The van der Waals surface area contributed by atoms with Crippen molar-refractivity contribution in [3.8, 4) is 11.4 Å². The first kappa shape index (κ1) is 23.7. The number of benzene rings is 2. The molecule has 6 rings (SSSR count). The van der Waals surface area contributed by atoms with E-state index in [4.69, 9.17) is 4.74 Å². The number of H-pyrrole nitrogens is 1. The first-order valence-electron chi connectivity index (χ1n) is 12.1. The summed E-state index contributed by atoms with van der Waals surface area (Å²) in [4.78, 5) is 27.0. The summed E-state index contributed by atoms with van der Waals surface area (Å²) in [5.41, 5.74) is 2.43. The van der Waals surface area contributed by atoms with Crippen LogP contribution in [0.1, 0.15) is 30.7 Å². The zero-order valence-corrected chi connectivity index (χ0v) is 20.2. The van der Waals surface area contributed by atoms with Crippen molar-refractivity contribution in [1.82, 2.24) is 24.7 Å². The van der Waals surface area contributed by atoms with E-state index in [0.29, 0.717) is 23.3 Å². The van der Waals surface area contributed by atoms with E-state index >= 15 is 0 Å². The number of amides is 1. The van der Waals surface area contributed by atoms with Crippen LogP contribution < -0.4 is 10.7 Å². The van der Waals surface area contributed by atoms with Gasteiger partial charge in [0.25, 0.3) is 5.91 Å². The summed E-state index contributed by atoms with van der Waals surface area (Å²) in [5, 5.41) is 8.34. The summed E-state index contributed by atoms with van der Waals surface area (Å²) in [6.07, 6.45) is 11.1. The number of hydrogen-bond donors (Lipinski definition) is 1. The van der Waals surface area contributed by atoms with Crippen molar-refractivity contribution in [2.75, 3.05) is 13.7 Å². The number of hydrogen-bond acceptors (Lipinski definition) is 6. The Labute approximate surface area is 209 Å². The number of aromatic nitrogens is 5. The highest BCUT2D eigenvalue weighted by atomic mass is 16.5. The van der Waals surface area contributed by atoms with Crippen molar-refractivity contribution >= 4 is 5.91 Å². The molecule has 2 aliphatic rings. The summed E-state index contributed by atoms with van der Waals surface area (Å²) in [6.45, 7) is 1.20. The first-order valence-corrected chi connectivity index (χ1v) is 12.1. The molecule has 0 spiro atoms. The molecular formula is C27H29N7O2. The van der Waals surface area contributed by atoms with E-state index in [1.807, 2.05) is 44.0 Å². The number of nitrogens with zero attached hydrogens (tertiary/aromatic N) is 6. The highest BCUT2D eigenvalue weighted by Crippen LogP contribution is 2.40. The van der Waals surface area contributed by atoms with E-state index in [9.17, 15) is 4.79 Å². The lowest BCUT2D eigenvalue weighted by atomic mass is 9.74. The molecule has 9 heteroatoms. The largest absolute Gasteiger partial charge is 0.381 e. The standard InChI is InChI=1S/C19H23N5O.C8H6N2O/c1-25-17-7-6-16(11-24-9-8-20-13-24)18(10-17)14-2-4-15(5-3-14)19-21-12-22-23-19;11-8-5-9-6-3-1-2-4-7(6)10-8/h2-5,8-9,12-13,16-18H,6-7,10-11H2,1H3,(H,21,22,23);1-4H,5H2/t16-,17+,18?;/m0./s1. The van der Waals surface area contributed by atoms with Crippen molar-refractivity contribution in [1.29, 1.82) is 0 Å². The van der Waals surface area contributed by atoms with Crippen molar-refractivity contribution in [3.05, 3.63) is 89.9 Å². The quantitative estimate of drug-likeness (QED) is 0.469. The number of para-hydroxylation sites is 2. The third-order valence-electron chi connectivity index (χ3n) is 6.82. The van der Waals surface area contributed by atoms with Crippen LogP contribution in [0.25, 0.3) is 11.4 Å². The minimum atomic E-state index is -0.163. The normalized spacial score (nSPS) is 20.9. The third kappa shape index (κ3) is 5.63. The smallest absolute Gasteiger partial charge is 0.267 e. The van der Waals surface area contributed by atoms with E-state index < -0.39 is 0 Å². The van der Waals surface area contributed by atoms with Gasteiger partial charge in [0.1, 0.15) is 12.9 Å².